The molecule has 15 heavy (non-hydrogen) atoms. The lowest BCUT2D eigenvalue weighted by molar-refractivity contribution is 0.0687. The summed E-state index contributed by atoms with van der Waals surface area (Å²) in [5.74, 6) is -1.00. The summed E-state index contributed by atoms with van der Waals surface area (Å²) >= 11 is 0. The topological polar surface area (TPSA) is 78.6 Å². The van der Waals surface area contributed by atoms with Gasteiger partial charge in [-0.3, -0.25) is 9.58 Å². The third kappa shape index (κ3) is 1.62. The van der Waals surface area contributed by atoms with Gasteiger partial charge < -0.3 is 10.2 Å². The second kappa shape index (κ2) is 3.63. The summed E-state index contributed by atoms with van der Waals surface area (Å²) in [7, 11) is 1.93. The average Bonchev–Trinajstić information content (AvgIpc) is 2.65. The molecular formula is C9H13N3O3. The van der Waals surface area contributed by atoms with Gasteiger partial charge in [0, 0.05) is 18.7 Å². The monoisotopic (exact) mass is 211 g/mol. The van der Waals surface area contributed by atoms with Gasteiger partial charge in [-0.15, -0.1) is 0 Å². The predicted molar refractivity (Wildman–Crippen MR) is 51.4 cm³/mol. The fraction of sp³-hybridized carbons (Fsp3) is 0.556. The van der Waals surface area contributed by atoms with Crippen molar-refractivity contribution < 1.29 is 15.0 Å². The molecule has 6 heteroatoms. The summed E-state index contributed by atoms with van der Waals surface area (Å²) in [6.45, 7) is 1.62. The van der Waals surface area contributed by atoms with E-state index in [0.29, 0.717) is 19.6 Å². The van der Waals surface area contributed by atoms with E-state index in [1.807, 2.05) is 11.9 Å². The van der Waals surface area contributed by atoms with Crippen molar-refractivity contribution in [2.45, 2.75) is 19.6 Å². The number of rotatable bonds is 3. The van der Waals surface area contributed by atoms with Crippen molar-refractivity contribution in [3.8, 4) is 0 Å². The Morgan fingerprint density at radius 1 is 1.53 bits per heavy atom. The van der Waals surface area contributed by atoms with Gasteiger partial charge in [-0.25, -0.2) is 4.79 Å². The zero-order valence-electron chi connectivity index (χ0n) is 8.47. The highest BCUT2D eigenvalue weighted by atomic mass is 16.4. The Balaban J connectivity index is 2.43. The summed E-state index contributed by atoms with van der Waals surface area (Å²) in [6.07, 6.45) is 0. The lowest BCUT2D eigenvalue weighted by atomic mass is 10.2. The first kappa shape index (κ1) is 10.1. The van der Waals surface area contributed by atoms with Crippen LogP contribution in [0.15, 0.2) is 0 Å². The van der Waals surface area contributed by atoms with E-state index in [1.165, 1.54) is 0 Å². The van der Waals surface area contributed by atoms with E-state index < -0.39 is 5.97 Å². The molecule has 82 valence electrons. The summed E-state index contributed by atoms with van der Waals surface area (Å²) in [6, 6.07) is 0. The quantitative estimate of drug-likeness (QED) is 0.706. The number of nitrogens with zero attached hydrogens (tertiary/aromatic N) is 3. The maximum Gasteiger partial charge on any atom is 0.356 e. The Morgan fingerprint density at radius 2 is 2.27 bits per heavy atom. The summed E-state index contributed by atoms with van der Waals surface area (Å²) < 4.78 is 1.59. The third-order valence-electron chi connectivity index (χ3n) is 2.53. The molecule has 0 bridgehead atoms. The maximum atomic E-state index is 10.9. The fourth-order valence-corrected chi connectivity index (χ4v) is 1.91. The van der Waals surface area contributed by atoms with Crippen molar-refractivity contribution in [1.29, 1.82) is 0 Å². The first-order chi connectivity index (χ1) is 7.13. The molecule has 0 aliphatic carbocycles. The van der Waals surface area contributed by atoms with Crippen molar-refractivity contribution in [3.05, 3.63) is 17.0 Å². The number of fused-ring (bicyclic) bond motifs is 1. The molecule has 2 heterocycles. The van der Waals surface area contributed by atoms with Gasteiger partial charge in [0.05, 0.1) is 18.8 Å². The molecule has 6 nitrogen and oxygen atoms in total. The molecule has 1 aliphatic heterocycles. The van der Waals surface area contributed by atoms with Crippen LogP contribution in [0.5, 0.6) is 0 Å². The summed E-state index contributed by atoms with van der Waals surface area (Å²) in [4.78, 5) is 12.9. The van der Waals surface area contributed by atoms with Crippen LogP contribution in [-0.4, -0.2) is 44.5 Å². The van der Waals surface area contributed by atoms with Crippen LogP contribution >= 0.6 is 0 Å². The molecule has 2 rings (SSSR count). The van der Waals surface area contributed by atoms with Crippen molar-refractivity contribution in [1.82, 2.24) is 14.7 Å². The van der Waals surface area contributed by atoms with Crippen LogP contribution in [0.3, 0.4) is 0 Å². The van der Waals surface area contributed by atoms with Gasteiger partial charge >= 0.3 is 5.97 Å². The third-order valence-corrected chi connectivity index (χ3v) is 2.53. The summed E-state index contributed by atoms with van der Waals surface area (Å²) in [5, 5.41) is 21.8. The second-order valence-electron chi connectivity index (χ2n) is 3.70. The lowest BCUT2D eigenvalue weighted by Gasteiger charge is -2.07. The first-order valence-corrected chi connectivity index (χ1v) is 4.74. The number of aromatic nitrogens is 2. The number of hydrogen-bond acceptors (Lipinski definition) is 4. The number of aliphatic hydroxyl groups excluding tert-OH is 1. The zero-order chi connectivity index (χ0) is 11.0. The number of aliphatic hydroxyl groups is 1. The van der Waals surface area contributed by atoms with Gasteiger partial charge in [0.25, 0.3) is 0 Å². The van der Waals surface area contributed by atoms with Gasteiger partial charge in [0.15, 0.2) is 5.69 Å². The van der Waals surface area contributed by atoms with Crippen molar-refractivity contribution >= 4 is 5.97 Å². The van der Waals surface area contributed by atoms with Gasteiger partial charge in [-0.2, -0.15) is 5.10 Å². The van der Waals surface area contributed by atoms with E-state index in [4.69, 9.17) is 10.2 Å². The van der Waals surface area contributed by atoms with Crippen LogP contribution < -0.4 is 0 Å². The predicted octanol–water partition coefficient (Wildman–Crippen LogP) is -0.481. The van der Waals surface area contributed by atoms with Gasteiger partial charge in [-0.05, 0) is 7.05 Å². The van der Waals surface area contributed by atoms with Crippen LogP contribution in [0.4, 0.5) is 0 Å². The van der Waals surface area contributed by atoms with Gasteiger partial charge in [0.1, 0.15) is 0 Å². The highest BCUT2D eigenvalue weighted by molar-refractivity contribution is 5.87. The number of carboxylic acid groups (broad SMARTS) is 1. The Bertz CT molecular complexity index is 400. The molecule has 0 saturated carbocycles. The van der Waals surface area contributed by atoms with E-state index in [-0.39, 0.29) is 12.3 Å². The highest BCUT2D eigenvalue weighted by Crippen LogP contribution is 2.24. The molecule has 0 fully saturated rings. The van der Waals surface area contributed by atoms with E-state index in [2.05, 4.69) is 5.10 Å². The number of aromatic carboxylic acids is 1. The van der Waals surface area contributed by atoms with E-state index in [0.717, 1.165) is 11.3 Å². The Hall–Kier alpha value is -1.40. The lowest BCUT2D eigenvalue weighted by Crippen LogP contribution is -2.15. The number of carbonyl (C=O) groups is 1. The Kier molecular flexibility index (Phi) is 2.45. The van der Waals surface area contributed by atoms with Crippen LogP contribution in [-0.2, 0) is 19.6 Å². The molecule has 1 aromatic heterocycles. The van der Waals surface area contributed by atoms with Crippen molar-refractivity contribution in [2.24, 2.45) is 0 Å². The molecular weight excluding hydrogens is 198 g/mol. The van der Waals surface area contributed by atoms with E-state index >= 15 is 0 Å². The minimum absolute atomic E-state index is 0.0309. The SMILES string of the molecule is CN1Cc2c(C(=O)O)nn(CCO)c2C1. The largest absolute Gasteiger partial charge is 0.476 e. The van der Waals surface area contributed by atoms with Crippen LogP contribution in [0, 0.1) is 0 Å². The standard InChI is InChI=1S/C9H13N3O3/c1-11-4-6-7(5-11)12(2-3-13)10-8(6)9(14)15/h13H,2-5H2,1H3,(H,14,15). The van der Waals surface area contributed by atoms with Crippen LogP contribution in [0.2, 0.25) is 0 Å². The minimum Gasteiger partial charge on any atom is -0.476 e. The Labute approximate surface area is 86.7 Å². The van der Waals surface area contributed by atoms with Crippen molar-refractivity contribution in [3.63, 3.8) is 0 Å². The van der Waals surface area contributed by atoms with Crippen LogP contribution in [0.1, 0.15) is 21.7 Å². The molecule has 1 aliphatic rings. The zero-order valence-corrected chi connectivity index (χ0v) is 8.47. The van der Waals surface area contributed by atoms with Gasteiger partial charge in [0.2, 0.25) is 0 Å². The minimum atomic E-state index is -1.00. The molecule has 0 aromatic carbocycles. The second-order valence-corrected chi connectivity index (χ2v) is 3.70. The van der Waals surface area contributed by atoms with Crippen LogP contribution in [0.25, 0.3) is 0 Å². The smallest absolute Gasteiger partial charge is 0.356 e. The fourth-order valence-electron chi connectivity index (χ4n) is 1.91. The van der Waals surface area contributed by atoms with Gasteiger partial charge in [-0.1, -0.05) is 0 Å². The van der Waals surface area contributed by atoms with Crippen molar-refractivity contribution in [2.75, 3.05) is 13.7 Å². The highest BCUT2D eigenvalue weighted by Gasteiger charge is 2.28. The average molecular weight is 211 g/mol. The number of carboxylic acids is 1. The summed E-state index contributed by atoms with van der Waals surface area (Å²) in [5.41, 5.74) is 1.80. The molecule has 2 N–H and O–H groups in total. The molecule has 0 radical (unpaired) electrons. The maximum absolute atomic E-state index is 10.9. The molecule has 0 atom stereocenters. The molecule has 0 spiro atoms. The molecule has 0 unspecified atom stereocenters. The Morgan fingerprint density at radius 3 is 2.87 bits per heavy atom. The molecule has 1 aromatic rings. The first-order valence-electron chi connectivity index (χ1n) is 4.74. The van der Waals surface area contributed by atoms with E-state index in [9.17, 15) is 4.79 Å². The molecule has 0 saturated heterocycles. The number of hydrogen-bond donors (Lipinski definition) is 2. The normalized spacial score (nSPS) is 15.6. The van der Waals surface area contributed by atoms with E-state index in [1.54, 1.807) is 4.68 Å². The molecule has 0 amide bonds.